The van der Waals surface area contributed by atoms with E-state index in [1.807, 2.05) is 0 Å². The molecule has 2 N–H and O–H groups in total. The molecule has 2 heteroatoms. The van der Waals surface area contributed by atoms with Crippen LogP contribution in [0.2, 0.25) is 0 Å². The van der Waals surface area contributed by atoms with E-state index in [-0.39, 0.29) is 0 Å². The van der Waals surface area contributed by atoms with Gasteiger partial charge in [-0.3, -0.25) is 4.90 Å². The standard InChI is InChI=1S/C14H26N2/c1-2-12-4-3-7-14(12,10-15)16-9-11-5-6-13(16)8-11/h11-13H,2-10,15H2,1H3. The molecule has 0 aromatic carbocycles. The fraction of sp³-hybridized carbons (Fsp3) is 1.00. The molecule has 0 aromatic heterocycles. The van der Waals surface area contributed by atoms with Crippen molar-refractivity contribution in [2.45, 2.75) is 63.5 Å². The maximum absolute atomic E-state index is 6.20. The first-order chi connectivity index (χ1) is 7.80. The lowest BCUT2D eigenvalue weighted by Gasteiger charge is -2.47. The van der Waals surface area contributed by atoms with Gasteiger partial charge in [0.15, 0.2) is 0 Å². The second kappa shape index (κ2) is 3.99. The van der Waals surface area contributed by atoms with E-state index < -0.39 is 0 Å². The number of fused-ring (bicyclic) bond motifs is 2. The second-order valence-electron chi connectivity index (χ2n) is 6.29. The first-order valence-corrected chi connectivity index (χ1v) is 7.27. The van der Waals surface area contributed by atoms with E-state index in [9.17, 15) is 0 Å². The molecule has 16 heavy (non-hydrogen) atoms. The average molecular weight is 222 g/mol. The minimum absolute atomic E-state index is 0.397. The van der Waals surface area contributed by atoms with Crippen LogP contribution in [0.1, 0.15) is 51.9 Å². The van der Waals surface area contributed by atoms with Crippen molar-refractivity contribution in [2.24, 2.45) is 17.6 Å². The van der Waals surface area contributed by atoms with Gasteiger partial charge in [0.1, 0.15) is 0 Å². The molecular formula is C14H26N2. The number of nitrogens with two attached hydrogens (primary N) is 1. The highest BCUT2D eigenvalue weighted by atomic mass is 15.3. The molecule has 2 bridgehead atoms. The summed E-state index contributed by atoms with van der Waals surface area (Å²) in [5, 5.41) is 0. The second-order valence-corrected chi connectivity index (χ2v) is 6.29. The highest BCUT2D eigenvalue weighted by Crippen LogP contribution is 2.49. The fourth-order valence-corrected chi connectivity index (χ4v) is 4.95. The Balaban J connectivity index is 1.84. The number of piperidine rings is 1. The lowest BCUT2D eigenvalue weighted by atomic mass is 9.82. The summed E-state index contributed by atoms with van der Waals surface area (Å²) in [4.78, 5) is 2.85. The molecule has 0 amide bonds. The summed E-state index contributed by atoms with van der Waals surface area (Å²) in [6.07, 6.45) is 9.92. The molecule has 0 radical (unpaired) electrons. The molecule has 1 saturated heterocycles. The molecule has 3 aliphatic rings. The Hall–Kier alpha value is -0.0800. The fourth-order valence-electron chi connectivity index (χ4n) is 4.95. The van der Waals surface area contributed by atoms with Crippen LogP contribution in [0.5, 0.6) is 0 Å². The van der Waals surface area contributed by atoms with E-state index >= 15 is 0 Å². The molecule has 0 spiro atoms. The molecule has 1 heterocycles. The third kappa shape index (κ3) is 1.39. The van der Waals surface area contributed by atoms with E-state index in [0.29, 0.717) is 5.54 Å². The van der Waals surface area contributed by atoms with Crippen LogP contribution in [-0.2, 0) is 0 Å². The SMILES string of the molecule is CCC1CCCC1(CN)N1CC2CCC1C2. The quantitative estimate of drug-likeness (QED) is 0.794. The van der Waals surface area contributed by atoms with Gasteiger partial charge in [-0.25, -0.2) is 0 Å². The third-order valence-electron chi connectivity index (χ3n) is 5.75. The highest BCUT2D eigenvalue weighted by molar-refractivity contribution is 5.08. The van der Waals surface area contributed by atoms with Crippen molar-refractivity contribution in [2.75, 3.05) is 13.1 Å². The van der Waals surface area contributed by atoms with Gasteiger partial charge in [0.2, 0.25) is 0 Å². The van der Waals surface area contributed by atoms with E-state index in [4.69, 9.17) is 5.73 Å². The van der Waals surface area contributed by atoms with Crippen molar-refractivity contribution in [3.05, 3.63) is 0 Å². The van der Waals surface area contributed by atoms with Gasteiger partial charge in [0, 0.05) is 24.7 Å². The lowest BCUT2D eigenvalue weighted by Crippen LogP contribution is -2.58. The van der Waals surface area contributed by atoms with Crippen molar-refractivity contribution in [1.82, 2.24) is 4.90 Å². The molecular weight excluding hydrogens is 196 g/mol. The molecule has 1 aliphatic heterocycles. The van der Waals surface area contributed by atoms with Gasteiger partial charge in [0.05, 0.1) is 0 Å². The summed E-state index contributed by atoms with van der Waals surface area (Å²) in [6.45, 7) is 4.61. The van der Waals surface area contributed by atoms with Crippen LogP contribution in [0.15, 0.2) is 0 Å². The molecule has 3 rings (SSSR count). The summed E-state index contributed by atoms with van der Waals surface area (Å²) >= 11 is 0. The highest BCUT2D eigenvalue weighted by Gasteiger charge is 2.52. The van der Waals surface area contributed by atoms with E-state index in [2.05, 4.69) is 11.8 Å². The Morgan fingerprint density at radius 1 is 1.31 bits per heavy atom. The predicted octanol–water partition coefficient (Wildman–Crippen LogP) is 2.38. The minimum atomic E-state index is 0.397. The van der Waals surface area contributed by atoms with Crippen molar-refractivity contribution in [3.63, 3.8) is 0 Å². The largest absolute Gasteiger partial charge is 0.329 e. The monoisotopic (exact) mass is 222 g/mol. The number of hydrogen-bond acceptors (Lipinski definition) is 2. The van der Waals surface area contributed by atoms with Crippen molar-refractivity contribution < 1.29 is 0 Å². The summed E-state index contributed by atoms with van der Waals surface area (Å²) in [7, 11) is 0. The van der Waals surface area contributed by atoms with Gasteiger partial charge in [-0.15, -0.1) is 0 Å². The normalized spacial score (nSPS) is 48.0. The first kappa shape index (κ1) is 11.0. The third-order valence-corrected chi connectivity index (χ3v) is 5.75. The van der Waals surface area contributed by atoms with E-state index in [1.54, 1.807) is 0 Å². The molecule has 4 atom stereocenters. The molecule has 92 valence electrons. The number of likely N-dealkylation sites (tertiary alicyclic amines) is 1. The zero-order valence-electron chi connectivity index (χ0n) is 10.6. The van der Waals surface area contributed by atoms with Crippen LogP contribution in [0.3, 0.4) is 0 Å². The smallest absolute Gasteiger partial charge is 0.0362 e. The first-order valence-electron chi connectivity index (χ1n) is 7.27. The van der Waals surface area contributed by atoms with Crippen LogP contribution < -0.4 is 5.73 Å². The van der Waals surface area contributed by atoms with Crippen molar-refractivity contribution in [1.29, 1.82) is 0 Å². The summed E-state index contributed by atoms with van der Waals surface area (Å²) in [5.74, 6) is 1.88. The van der Waals surface area contributed by atoms with Gasteiger partial charge in [-0.05, 0) is 43.9 Å². The molecule has 2 nitrogen and oxygen atoms in total. The Kier molecular flexibility index (Phi) is 2.75. The van der Waals surface area contributed by atoms with Crippen molar-refractivity contribution >= 4 is 0 Å². The minimum Gasteiger partial charge on any atom is -0.329 e. The maximum atomic E-state index is 6.20. The molecule has 0 aromatic rings. The van der Waals surface area contributed by atoms with Gasteiger partial charge >= 0.3 is 0 Å². The molecule has 2 saturated carbocycles. The molecule has 4 unspecified atom stereocenters. The van der Waals surface area contributed by atoms with Gasteiger partial charge in [-0.1, -0.05) is 19.8 Å². The average Bonchev–Trinajstić information content (AvgIpc) is 3.02. The van der Waals surface area contributed by atoms with Gasteiger partial charge in [0.25, 0.3) is 0 Å². The Labute approximate surface area is 99.6 Å². The van der Waals surface area contributed by atoms with E-state index in [0.717, 1.165) is 24.4 Å². The number of nitrogens with zero attached hydrogens (tertiary/aromatic N) is 1. The molecule has 3 fully saturated rings. The maximum Gasteiger partial charge on any atom is 0.0362 e. The summed E-state index contributed by atoms with van der Waals surface area (Å²) < 4.78 is 0. The Bertz CT molecular complexity index is 265. The zero-order valence-corrected chi connectivity index (χ0v) is 10.6. The van der Waals surface area contributed by atoms with Crippen LogP contribution in [0, 0.1) is 11.8 Å². The zero-order chi connectivity index (χ0) is 11.2. The van der Waals surface area contributed by atoms with Crippen molar-refractivity contribution in [3.8, 4) is 0 Å². The summed E-state index contributed by atoms with van der Waals surface area (Å²) in [6, 6.07) is 0.890. The summed E-state index contributed by atoms with van der Waals surface area (Å²) in [5.41, 5.74) is 6.60. The van der Waals surface area contributed by atoms with Gasteiger partial charge < -0.3 is 5.73 Å². The lowest BCUT2D eigenvalue weighted by molar-refractivity contribution is 0.0281. The van der Waals surface area contributed by atoms with Crippen LogP contribution in [-0.4, -0.2) is 29.6 Å². The Morgan fingerprint density at radius 2 is 2.19 bits per heavy atom. The molecule has 2 aliphatic carbocycles. The van der Waals surface area contributed by atoms with Gasteiger partial charge in [-0.2, -0.15) is 0 Å². The predicted molar refractivity (Wildman–Crippen MR) is 67.3 cm³/mol. The van der Waals surface area contributed by atoms with Crippen LogP contribution >= 0.6 is 0 Å². The van der Waals surface area contributed by atoms with Crippen LogP contribution in [0.4, 0.5) is 0 Å². The Morgan fingerprint density at radius 3 is 2.75 bits per heavy atom. The van der Waals surface area contributed by atoms with E-state index in [1.165, 1.54) is 51.5 Å². The number of rotatable bonds is 3. The number of hydrogen-bond donors (Lipinski definition) is 1. The van der Waals surface area contributed by atoms with Crippen LogP contribution in [0.25, 0.3) is 0 Å². The topological polar surface area (TPSA) is 29.3 Å².